The van der Waals surface area contributed by atoms with Crippen LogP contribution >= 0.6 is 11.3 Å². The molecule has 0 aliphatic rings. The quantitative estimate of drug-likeness (QED) is 0.775. The maximum atomic E-state index is 12.1. The van der Waals surface area contributed by atoms with Gasteiger partial charge in [0.1, 0.15) is 0 Å². The highest BCUT2D eigenvalue weighted by Gasteiger charge is 2.25. The van der Waals surface area contributed by atoms with Crippen LogP contribution in [0.15, 0.2) is 10.4 Å². The van der Waals surface area contributed by atoms with Crippen molar-refractivity contribution < 1.29 is 18.3 Å². The minimum atomic E-state index is -3.65. The summed E-state index contributed by atoms with van der Waals surface area (Å²) in [5, 5.41) is 11.5. The van der Waals surface area contributed by atoms with Crippen LogP contribution in [0.2, 0.25) is 0 Å². The van der Waals surface area contributed by atoms with Crippen LogP contribution in [0, 0.1) is 0 Å². The molecule has 0 aliphatic heterocycles. The molecule has 1 heterocycles. The number of thiazole rings is 1. The number of carbonyl (C=O) groups is 1. The Labute approximate surface area is 110 Å². The average molecular weight is 293 g/mol. The molecule has 0 bridgehead atoms. The van der Waals surface area contributed by atoms with Crippen molar-refractivity contribution in [1.29, 1.82) is 0 Å². The fraction of sp³-hybridized carbons (Fsp3) is 0.556. The molecule has 0 unspecified atom stereocenters. The lowest BCUT2D eigenvalue weighted by Crippen LogP contribution is -2.32. The van der Waals surface area contributed by atoms with Gasteiger partial charge in [-0.3, -0.25) is 4.79 Å². The van der Waals surface area contributed by atoms with Crippen LogP contribution in [0.3, 0.4) is 0 Å². The average Bonchev–Trinajstić information content (AvgIpc) is 2.73. The SMILES string of the molecule is CCN(CCO)S(=O)(=O)c1cnc(NC(C)=O)s1. The summed E-state index contributed by atoms with van der Waals surface area (Å²) in [7, 11) is -3.65. The molecule has 1 aromatic rings. The number of sulfonamides is 1. The number of aromatic nitrogens is 1. The molecule has 0 saturated carbocycles. The summed E-state index contributed by atoms with van der Waals surface area (Å²) in [5.41, 5.74) is 0. The number of likely N-dealkylation sites (N-methyl/N-ethyl adjacent to an activating group) is 1. The normalized spacial score (nSPS) is 11.8. The van der Waals surface area contributed by atoms with Gasteiger partial charge in [0.15, 0.2) is 9.34 Å². The molecule has 18 heavy (non-hydrogen) atoms. The third kappa shape index (κ3) is 3.48. The van der Waals surface area contributed by atoms with Crippen LogP contribution in [0.1, 0.15) is 13.8 Å². The first-order chi connectivity index (χ1) is 8.41. The second kappa shape index (κ2) is 6.23. The van der Waals surface area contributed by atoms with Crippen LogP contribution in [-0.4, -0.2) is 48.4 Å². The second-order valence-corrected chi connectivity index (χ2v) is 6.58. The summed E-state index contributed by atoms with van der Waals surface area (Å²) >= 11 is 0.883. The van der Waals surface area contributed by atoms with Crippen molar-refractivity contribution in [2.75, 3.05) is 25.0 Å². The number of carbonyl (C=O) groups excluding carboxylic acids is 1. The number of hydrogen-bond acceptors (Lipinski definition) is 6. The van der Waals surface area contributed by atoms with Crippen molar-refractivity contribution in [1.82, 2.24) is 9.29 Å². The fourth-order valence-corrected chi connectivity index (χ4v) is 3.95. The number of nitrogens with one attached hydrogen (secondary N) is 1. The number of amides is 1. The molecule has 0 atom stereocenters. The van der Waals surface area contributed by atoms with E-state index in [0.29, 0.717) is 0 Å². The van der Waals surface area contributed by atoms with Crippen molar-refractivity contribution in [2.45, 2.75) is 18.1 Å². The number of aliphatic hydroxyl groups excluding tert-OH is 1. The predicted molar refractivity (Wildman–Crippen MR) is 67.9 cm³/mol. The maximum absolute atomic E-state index is 12.1. The summed E-state index contributed by atoms with van der Waals surface area (Å²) in [4.78, 5) is 14.6. The van der Waals surface area contributed by atoms with E-state index in [0.717, 1.165) is 15.6 Å². The lowest BCUT2D eigenvalue weighted by molar-refractivity contribution is -0.114. The zero-order valence-corrected chi connectivity index (χ0v) is 11.7. The topological polar surface area (TPSA) is 99.6 Å². The number of hydrogen-bond donors (Lipinski definition) is 2. The van der Waals surface area contributed by atoms with Gasteiger partial charge in [0.25, 0.3) is 10.0 Å². The molecule has 0 radical (unpaired) electrons. The van der Waals surface area contributed by atoms with Gasteiger partial charge in [-0.1, -0.05) is 18.3 Å². The Hall–Kier alpha value is -1.03. The van der Waals surface area contributed by atoms with Crippen molar-refractivity contribution in [3.8, 4) is 0 Å². The van der Waals surface area contributed by atoms with Gasteiger partial charge < -0.3 is 10.4 Å². The highest BCUT2D eigenvalue weighted by Crippen LogP contribution is 2.25. The van der Waals surface area contributed by atoms with Gasteiger partial charge in [-0.25, -0.2) is 13.4 Å². The third-order valence-corrected chi connectivity index (χ3v) is 5.39. The van der Waals surface area contributed by atoms with Crippen LogP contribution in [0.5, 0.6) is 0 Å². The van der Waals surface area contributed by atoms with Crippen LogP contribution < -0.4 is 5.32 Å². The number of nitrogens with zero attached hydrogens (tertiary/aromatic N) is 2. The van der Waals surface area contributed by atoms with Crippen molar-refractivity contribution in [3.05, 3.63) is 6.20 Å². The Morgan fingerprint density at radius 3 is 2.78 bits per heavy atom. The Balaban J connectivity index is 2.97. The minimum absolute atomic E-state index is 0.0339. The van der Waals surface area contributed by atoms with E-state index in [2.05, 4.69) is 10.3 Å². The van der Waals surface area contributed by atoms with Gasteiger partial charge in [0.2, 0.25) is 5.91 Å². The predicted octanol–water partition coefficient (Wildman–Crippen LogP) is 0.104. The van der Waals surface area contributed by atoms with Gasteiger partial charge in [-0.2, -0.15) is 4.31 Å². The van der Waals surface area contributed by atoms with Crippen LogP contribution in [0.4, 0.5) is 5.13 Å². The van der Waals surface area contributed by atoms with Gasteiger partial charge in [0.05, 0.1) is 12.8 Å². The molecule has 1 rings (SSSR count). The highest BCUT2D eigenvalue weighted by molar-refractivity contribution is 7.91. The largest absolute Gasteiger partial charge is 0.395 e. The number of aliphatic hydroxyl groups is 1. The summed E-state index contributed by atoms with van der Waals surface area (Å²) in [6.07, 6.45) is 1.20. The van der Waals surface area contributed by atoms with E-state index >= 15 is 0 Å². The van der Waals surface area contributed by atoms with Crippen molar-refractivity contribution in [2.24, 2.45) is 0 Å². The molecule has 1 aromatic heterocycles. The molecule has 1 amide bonds. The smallest absolute Gasteiger partial charge is 0.254 e. The molecule has 2 N–H and O–H groups in total. The highest BCUT2D eigenvalue weighted by atomic mass is 32.2. The summed E-state index contributed by atoms with van der Waals surface area (Å²) in [6, 6.07) is 0. The lowest BCUT2D eigenvalue weighted by atomic mass is 10.6. The molecular weight excluding hydrogens is 278 g/mol. The third-order valence-electron chi connectivity index (χ3n) is 2.06. The summed E-state index contributed by atoms with van der Waals surface area (Å²) in [6.45, 7) is 3.05. The summed E-state index contributed by atoms with van der Waals surface area (Å²) < 4.78 is 25.4. The Bertz CT molecular complexity index is 512. The van der Waals surface area contributed by atoms with E-state index in [1.165, 1.54) is 13.1 Å². The van der Waals surface area contributed by atoms with Gasteiger partial charge in [-0.05, 0) is 0 Å². The van der Waals surface area contributed by atoms with E-state index in [9.17, 15) is 13.2 Å². The molecule has 9 heteroatoms. The summed E-state index contributed by atoms with van der Waals surface area (Å²) in [5.74, 6) is -0.309. The zero-order chi connectivity index (χ0) is 13.8. The Kier molecular flexibility index (Phi) is 5.20. The lowest BCUT2D eigenvalue weighted by Gasteiger charge is -2.17. The Morgan fingerprint density at radius 1 is 1.61 bits per heavy atom. The molecule has 0 aromatic carbocycles. The van der Waals surface area contributed by atoms with Gasteiger partial charge in [-0.15, -0.1) is 0 Å². The minimum Gasteiger partial charge on any atom is -0.395 e. The van der Waals surface area contributed by atoms with E-state index < -0.39 is 10.0 Å². The maximum Gasteiger partial charge on any atom is 0.254 e. The number of anilines is 1. The molecular formula is C9H15N3O4S2. The first-order valence-corrected chi connectivity index (χ1v) is 7.52. The molecule has 0 saturated heterocycles. The molecule has 0 aliphatic carbocycles. The first-order valence-electron chi connectivity index (χ1n) is 5.26. The molecule has 102 valence electrons. The first kappa shape index (κ1) is 15.0. The monoisotopic (exact) mass is 293 g/mol. The zero-order valence-electron chi connectivity index (χ0n) is 10.1. The number of rotatable bonds is 6. The second-order valence-electron chi connectivity index (χ2n) is 3.39. The Morgan fingerprint density at radius 2 is 2.28 bits per heavy atom. The van der Waals surface area contributed by atoms with Gasteiger partial charge >= 0.3 is 0 Å². The molecule has 7 nitrogen and oxygen atoms in total. The van der Waals surface area contributed by atoms with E-state index in [-0.39, 0.29) is 34.9 Å². The van der Waals surface area contributed by atoms with Crippen LogP contribution in [-0.2, 0) is 14.8 Å². The van der Waals surface area contributed by atoms with E-state index in [4.69, 9.17) is 5.11 Å². The van der Waals surface area contributed by atoms with E-state index in [1.807, 2.05) is 0 Å². The molecule has 0 spiro atoms. The molecule has 0 fully saturated rings. The standard InChI is InChI=1S/C9H15N3O4S2/c1-3-12(4-5-13)18(15,16)8-6-10-9(17-8)11-7(2)14/h6,13H,3-5H2,1-2H3,(H,10,11,14). The van der Waals surface area contributed by atoms with Crippen molar-refractivity contribution in [3.63, 3.8) is 0 Å². The van der Waals surface area contributed by atoms with E-state index in [1.54, 1.807) is 6.92 Å². The van der Waals surface area contributed by atoms with Crippen LogP contribution in [0.25, 0.3) is 0 Å². The van der Waals surface area contributed by atoms with Crippen molar-refractivity contribution >= 4 is 32.4 Å². The van der Waals surface area contributed by atoms with Gasteiger partial charge in [0, 0.05) is 20.0 Å². The fourth-order valence-electron chi connectivity index (χ4n) is 1.27.